The van der Waals surface area contributed by atoms with Gasteiger partial charge in [0.2, 0.25) is 0 Å². The van der Waals surface area contributed by atoms with E-state index in [1.165, 1.54) is 11.1 Å². The smallest absolute Gasteiger partial charge is 0.264 e. The van der Waals surface area contributed by atoms with Gasteiger partial charge in [-0.3, -0.25) is 4.79 Å². The van der Waals surface area contributed by atoms with E-state index in [9.17, 15) is 10.1 Å². The molecule has 2 aliphatic heterocycles. The highest BCUT2D eigenvalue weighted by molar-refractivity contribution is 5.97. The third-order valence-electron chi connectivity index (χ3n) is 5.23. The molecular weight excluding hydrogens is 298 g/mol. The Morgan fingerprint density at radius 2 is 2.12 bits per heavy atom. The van der Waals surface area contributed by atoms with E-state index in [1.807, 2.05) is 30.0 Å². The van der Waals surface area contributed by atoms with E-state index in [2.05, 4.69) is 30.4 Å². The Kier molecular flexibility index (Phi) is 5.01. The number of nitrogens with zero attached hydrogens (tertiary/aromatic N) is 2. The fourth-order valence-electron chi connectivity index (χ4n) is 3.87. The van der Waals surface area contributed by atoms with E-state index in [0.29, 0.717) is 12.6 Å². The summed E-state index contributed by atoms with van der Waals surface area (Å²) in [5.41, 5.74) is 2.77. The third-order valence-corrected chi connectivity index (χ3v) is 5.23. The quantitative estimate of drug-likeness (QED) is 0.672. The van der Waals surface area contributed by atoms with Crippen LogP contribution in [0.25, 0.3) is 0 Å². The van der Waals surface area contributed by atoms with Crippen LogP contribution in [-0.2, 0) is 11.2 Å². The van der Waals surface area contributed by atoms with Crippen molar-refractivity contribution in [2.24, 2.45) is 0 Å². The minimum atomic E-state index is -0.139. The maximum atomic E-state index is 12.9. The molecular formula is C20H25N3O. The summed E-state index contributed by atoms with van der Waals surface area (Å²) in [5.74, 6) is -0.139. The summed E-state index contributed by atoms with van der Waals surface area (Å²) >= 11 is 0. The summed E-state index contributed by atoms with van der Waals surface area (Å²) < 4.78 is 0. The molecule has 3 rings (SSSR count). The van der Waals surface area contributed by atoms with Gasteiger partial charge in [0.05, 0.1) is 6.04 Å². The van der Waals surface area contributed by atoms with Gasteiger partial charge >= 0.3 is 0 Å². The first kappa shape index (κ1) is 16.7. The molecule has 0 bridgehead atoms. The van der Waals surface area contributed by atoms with Crippen LogP contribution in [0.15, 0.2) is 35.9 Å². The van der Waals surface area contributed by atoms with Gasteiger partial charge < -0.3 is 10.2 Å². The van der Waals surface area contributed by atoms with Crippen LogP contribution in [0.3, 0.4) is 0 Å². The van der Waals surface area contributed by atoms with Crippen molar-refractivity contribution in [3.8, 4) is 6.07 Å². The summed E-state index contributed by atoms with van der Waals surface area (Å²) in [6, 6.07) is 11.0. The molecule has 1 aromatic carbocycles. The van der Waals surface area contributed by atoms with Crippen LogP contribution in [0, 0.1) is 11.3 Å². The van der Waals surface area contributed by atoms with Crippen LogP contribution in [-0.4, -0.2) is 29.4 Å². The lowest BCUT2D eigenvalue weighted by Crippen LogP contribution is -2.42. The highest BCUT2D eigenvalue weighted by Gasteiger charge is 2.29. The van der Waals surface area contributed by atoms with E-state index < -0.39 is 0 Å². The molecule has 0 radical (unpaired) electrons. The molecule has 4 heteroatoms. The minimum Gasteiger partial charge on any atom is -0.331 e. The first-order valence-corrected chi connectivity index (χ1v) is 8.87. The van der Waals surface area contributed by atoms with E-state index >= 15 is 0 Å². The van der Waals surface area contributed by atoms with Crippen LogP contribution < -0.4 is 5.32 Å². The number of hydrogen-bond donors (Lipinski definition) is 1. The van der Waals surface area contributed by atoms with Crippen molar-refractivity contribution in [2.45, 2.75) is 57.7 Å². The van der Waals surface area contributed by atoms with Gasteiger partial charge in [0, 0.05) is 18.6 Å². The number of carbonyl (C=O) groups is 1. The van der Waals surface area contributed by atoms with Crippen LogP contribution in [0.4, 0.5) is 0 Å². The van der Waals surface area contributed by atoms with Gasteiger partial charge in [0.1, 0.15) is 11.6 Å². The van der Waals surface area contributed by atoms with Gasteiger partial charge in [-0.15, -0.1) is 0 Å². The molecule has 3 unspecified atom stereocenters. The SMILES string of the molecule is CC1CCCC(/C=C(\C#N)C(=O)N2CCc3ccccc3C2C)N1. The lowest BCUT2D eigenvalue weighted by molar-refractivity contribution is -0.129. The van der Waals surface area contributed by atoms with E-state index in [0.717, 1.165) is 25.7 Å². The molecule has 3 atom stereocenters. The average Bonchev–Trinajstić information content (AvgIpc) is 2.60. The first-order chi connectivity index (χ1) is 11.6. The highest BCUT2D eigenvalue weighted by Crippen LogP contribution is 2.30. The number of nitrogens with one attached hydrogen (secondary N) is 1. The Balaban J connectivity index is 1.79. The van der Waals surface area contributed by atoms with Crippen LogP contribution in [0.2, 0.25) is 0 Å². The van der Waals surface area contributed by atoms with Crippen molar-refractivity contribution in [3.05, 3.63) is 47.0 Å². The molecule has 24 heavy (non-hydrogen) atoms. The molecule has 1 fully saturated rings. The minimum absolute atomic E-state index is 0.0115. The predicted molar refractivity (Wildman–Crippen MR) is 94.2 cm³/mol. The Morgan fingerprint density at radius 1 is 1.33 bits per heavy atom. The fourth-order valence-corrected chi connectivity index (χ4v) is 3.87. The van der Waals surface area contributed by atoms with Gasteiger partial charge in [0.15, 0.2) is 0 Å². The van der Waals surface area contributed by atoms with Crippen molar-refractivity contribution < 1.29 is 4.79 Å². The van der Waals surface area contributed by atoms with Crippen molar-refractivity contribution in [3.63, 3.8) is 0 Å². The van der Waals surface area contributed by atoms with Crippen molar-refractivity contribution >= 4 is 5.91 Å². The predicted octanol–water partition coefficient (Wildman–Crippen LogP) is 3.11. The Hall–Kier alpha value is -2.12. The Bertz CT molecular complexity index is 688. The number of carbonyl (C=O) groups excluding carboxylic acids is 1. The second-order valence-electron chi connectivity index (χ2n) is 6.92. The monoisotopic (exact) mass is 323 g/mol. The molecule has 0 spiro atoms. The maximum absolute atomic E-state index is 12.9. The van der Waals surface area contributed by atoms with Crippen molar-refractivity contribution in [1.29, 1.82) is 5.26 Å². The molecule has 0 aliphatic carbocycles. The van der Waals surface area contributed by atoms with Gasteiger partial charge in [0.25, 0.3) is 5.91 Å². The van der Waals surface area contributed by atoms with Gasteiger partial charge in [-0.2, -0.15) is 5.26 Å². The molecule has 0 aromatic heterocycles. The van der Waals surface area contributed by atoms with Gasteiger partial charge in [-0.1, -0.05) is 30.7 Å². The summed E-state index contributed by atoms with van der Waals surface area (Å²) in [5, 5.41) is 13.0. The number of benzene rings is 1. The lowest BCUT2D eigenvalue weighted by atomic mass is 9.92. The molecule has 126 valence electrons. The largest absolute Gasteiger partial charge is 0.331 e. The number of fused-ring (bicyclic) bond motifs is 1. The topological polar surface area (TPSA) is 56.1 Å². The maximum Gasteiger partial charge on any atom is 0.264 e. The third kappa shape index (κ3) is 3.37. The molecule has 1 saturated heterocycles. The molecule has 1 amide bonds. The average molecular weight is 323 g/mol. The number of amides is 1. The molecule has 0 saturated carbocycles. The summed E-state index contributed by atoms with van der Waals surface area (Å²) in [4.78, 5) is 14.7. The first-order valence-electron chi connectivity index (χ1n) is 8.87. The van der Waals surface area contributed by atoms with Crippen molar-refractivity contribution in [1.82, 2.24) is 10.2 Å². The second kappa shape index (κ2) is 7.19. The van der Waals surface area contributed by atoms with Crippen LogP contribution >= 0.6 is 0 Å². The molecule has 2 heterocycles. The van der Waals surface area contributed by atoms with Crippen molar-refractivity contribution in [2.75, 3.05) is 6.54 Å². The Morgan fingerprint density at radius 3 is 2.88 bits per heavy atom. The van der Waals surface area contributed by atoms with E-state index in [1.54, 1.807) is 0 Å². The Labute approximate surface area is 144 Å². The van der Waals surface area contributed by atoms with Crippen LogP contribution in [0.5, 0.6) is 0 Å². The lowest BCUT2D eigenvalue weighted by Gasteiger charge is -2.35. The van der Waals surface area contributed by atoms with Crippen LogP contribution in [0.1, 0.15) is 50.3 Å². The normalized spacial score (nSPS) is 27.3. The zero-order valence-corrected chi connectivity index (χ0v) is 14.5. The zero-order valence-electron chi connectivity index (χ0n) is 14.5. The van der Waals surface area contributed by atoms with E-state index in [-0.39, 0.29) is 23.6 Å². The molecule has 2 aliphatic rings. The molecule has 1 N–H and O–H groups in total. The summed E-state index contributed by atoms with van der Waals surface area (Å²) in [7, 11) is 0. The molecule has 4 nitrogen and oxygen atoms in total. The van der Waals surface area contributed by atoms with E-state index in [4.69, 9.17) is 0 Å². The highest BCUT2D eigenvalue weighted by atomic mass is 16.2. The summed E-state index contributed by atoms with van der Waals surface area (Å²) in [6.45, 7) is 4.87. The second-order valence-corrected chi connectivity index (χ2v) is 6.92. The fraction of sp³-hybridized carbons (Fsp3) is 0.500. The zero-order chi connectivity index (χ0) is 17.1. The molecule has 1 aromatic rings. The number of rotatable bonds is 2. The standard InChI is InChI=1S/C20H25N3O/c1-14-6-5-8-18(22-14)12-17(13-21)20(24)23-11-10-16-7-3-4-9-19(16)15(23)2/h3-4,7,9,12,14-15,18,22H,5-6,8,10-11H2,1-2H3/b17-12+. The number of piperidine rings is 1. The number of hydrogen-bond acceptors (Lipinski definition) is 3. The summed E-state index contributed by atoms with van der Waals surface area (Å²) in [6.07, 6.45) is 5.96. The van der Waals surface area contributed by atoms with Gasteiger partial charge in [-0.25, -0.2) is 0 Å². The number of nitriles is 1. The van der Waals surface area contributed by atoms with Gasteiger partial charge in [-0.05, 0) is 50.3 Å².